The van der Waals surface area contributed by atoms with E-state index < -0.39 is 0 Å². The highest BCUT2D eigenvalue weighted by Crippen LogP contribution is 2.22. The van der Waals surface area contributed by atoms with Gasteiger partial charge >= 0.3 is 0 Å². The molecule has 2 unspecified atom stereocenters. The van der Waals surface area contributed by atoms with Gasteiger partial charge < -0.3 is 15.5 Å². The van der Waals surface area contributed by atoms with Crippen LogP contribution in [0.1, 0.15) is 12.8 Å². The minimum Gasteiger partial charge on any atom is -0.369 e. The molecule has 1 amide bonds. The molecule has 2 heterocycles. The molecule has 2 saturated heterocycles. The Kier molecular flexibility index (Phi) is 7.97. The van der Waals surface area contributed by atoms with Crippen LogP contribution in [0.25, 0.3) is 0 Å². The first-order valence-corrected chi connectivity index (χ1v) is 8.03. The zero-order chi connectivity index (χ0) is 13.9. The van der Waals surface area contributed by atoms with E-state index in [-0.39, 0.29) is 42.7 Å². The van der Waals surface area contributed by atoms with Gasteiger partial charge in [-0.3, -0.25) is 4.79 Å². The van der Waals surface area contributed by atoms with Gasteiger partial charge in [-0.1, -0.05) is 15.9 Å². The maximum atomic E-state index is 12.1. The van der Waals surface area contributed by atoms with Crippen molar-refractivity contribution in [2.75, 3.05) is 31.1 Å². The van der Waals surface area contributed by atoms with Crippen molar-refractivity contribution in [2.45, 2.75) is 18.9 Å². The van der Waals surface area contributed by atoms with Gasteiger partial charge in [-0.05, 0) is 43.7 Å². The summed E-state index contributed by atoms with van der Waals surface area (Å²) in [4.78, 5) is 14.5. The maximum absolute atomic E-state index is 12.1. The highest BCUT2D eigenvalue weighted by atomic mass is 79.9. The summed E-state index contributed by atoms with van der Waals surface area (Å²) in [6, 6.07) is 8.65. The van der Waals surface area contributed by atoms with Gasteiger partial charge in [0.05, 0.1) is 5.92 Å². The van der Waals surface area contributed by atoms with E-state index in [0.29, 0.717) is 0 Å². The molecule has 2 aliphatic rings. The second-order valence-corrected chi connectivity index (χ2v) is 6.52. The summed E-state index contributed by atoms with van der Waals surface area (Å²) in [7, 11) is 0. The molecule has 7 heteroatoms. The van der Waals surface area contributed by atoms with Crippen LogP contribution in [0, 0.1) is 5.92 Å². The summed E-state index contributed by atoms with van der Waals surface area (Å²) in [5.41, 5.74) is 1.23. The van der Waals surface area contributed by atoms with Crippen LogP contribution < -0.4 is 15.5 Å². The molecule has 1 aromatic rings. The fourth-order valence-corrected chi connectivity index (χ4v) is 3.23. The zero-order valence-electron chi connectivity index (χ0n) is 12.3. The number of hydrogen-bond acceptors (Lipinski definition) is 3. The number of benzene rings is 1. The largest absolute Gasteiger partial charge is 0.369 e. The number of nitrogens with one attached hydrogen (secondary N) is 2. The van der Waals surface area contributed by atoms with Crippen LogP contribution in [-0.4, -0.2) is 38.1 Å². The molecule has 0 bridgehead atoms. The SMILES string of the molecule is Cl.Cl.O=C(NC1CCN(c2ccc(Br)cc2)C1)C1CCNC1. The van der Waals surface area contributed by atoms with E-state index in [9.17, 15) is 4.79 Å². The molecule has 2 aliphatic heterocycles. The van der Waals surface area contributed by atoms with E-state index in [1.807, 2.05) is 0 Å². The lowest BCUT2D eigenvalue weighted by molar-refractivity contribution is -0.125. The van der Waals surface area contributed by atoms with Crippen molar-refractivity contribution in [1.82, 2.24) is 10.6 Å². The standard InChI is InChI=1S/C15H20BrN3O.2ClH/c16-12-1-3-14(4-2-12)19-8-6-13(10-19)18-15(20)11-5-7-17-9-11;;/h1-4,11,13,17H,5-10H2,(H,18,20);2*1H. The second-order valence-electron chi connectivity index (χ2n) is 5.61. The fourth-order valence-electron chi connectivity index (χ4n) is 2.96. The number of rotatable bonds is 3. The van der Waals surface area contributed by atoms with Crippen LogP contribution in [0.3, 0.4) is 0 Å². The Morgan fingerprint density at radius 1 is 1.23 bits per heavy atom. The Balaban J connectivity index is 0.00000121. The van der Waals surface area contributed by atoms with Crippen molar-refractivity contribution >= 4 is 52.3 Å². The molecule has 124 valence electrons. The van der Waals surface area contributed by atoms with E-state index in [2.05, 4.69) is 55.7 Å². The molecule has 1 aromatic carbocycles. The molecule has 0 aromatic heterocycles. The fraction of sp³-hybridized carbons (Fsp3) is 0.533. The highest BCUT2D eigenvalue weighted by molar-refractivity contribution is 9.10. The molecule has 4 nitrogen and oxygen atoms in total. The lowest BCUT2D eigenvalue weighted by Gasteiger charge is -2.20. The van der Waals surface area contributed by atoms with Crippen LogP contribution in [-0.2, 0) is 4.79 Å². The first kappa shape index (κ1) is 19.6. The smallest absolute Gasteiger partial charge is 0.224 e. The normalized spacial score (nSPS) is 23.6. The van der Waals surface area contributed by atoms with Crippen molar-refractivity contribution in [2.24, 2.45) is 5.92 Å². The van der Waals surface area contributed by atoms with Crippen LogP contribution in [0.4, 0.5) is 5.69 Å². The van der Waals surface area contributed by atoms with Crippen LogP contribution >= 0.6 is 40.7 Å². The van der Waals surface area contributed by atoms with Crippen molar-refractivity contribution < 1.29 is 4.79 Å². The van der Waals surface area contributed by atoms with E-state index in [1.165, 1.54) is 5.69 Å². The summed E-state index contributed by atoms with van der Waals surface area (Å²) < 4.78 is 1.10. The van der Waals surface area contributed by atoms with Crippen molar-refractivity contribution in [3.8, 4) is 0 Å². The maximum Gasteiger partial charge on any atom is 0.224 e. The Morgan fingerprint density at radius 2 is 1.95 bits per heavy atom. The number of amides is 1. The number of nitrogens with zero attached hydrogens (tertiary/aromatic N) is 1. The average Bonchev–Trinajstić information content (AvgIpc) is 3.10. The molecule has 0 radical (unpaired) electrons. The van der Waals surface area contributed by atoms with E-state index in [0.717, 1.165) is 43.5 Å². The summed E-state index contributed by atoms with van der Waals surface area (Å²) in [5.74, 6) is 0.384. The van der Waals surface area contributed by atoms with Crippen LogP contribution in [0.15, 0.2) is 28.7 Å². The Morgan fingerprint density at radius 3 is 2.59 bits per heavy atom. The van der Waals surface area contributed by atoms with Crippen LogP contribution in [0.5, 0.6) is 0 Å². The van der Waals surface area contributed by atoms with Gasteiger partial charge in [0.1, 0.15) is 0 Å². The van der Waals surface area contributed by atoms with Gasteiger partial charge in [0, 0.05) is 35.8 Å². The highest BCUT2D eigenvalue weighted by Gasteiger charge is 2.28. The Hall–Kier alpha value is -0.490. The molecule has 22 heavy (non-hydrogen) atoms. The van der Waals surface area contributed by atoms with E-state index >= 15 is 0 Å². The summed E-state index contributed by atoms with van der Waals surface area (Å²) in [6.07, 6.45) is 2.00. The van der Waals surface area contributed by atoms with Gasteiger partial charge in [0.2, 0.25) is 5.91 Å². The van der Waals surface area contributed by atoms with Crippen molar-refractivity contribution in [1.29, 1.82) is 0 Å². The monoisotopic (exact) mass is 409 g/mol. The molecule has 0 saturated carbocycles. The lowest BCUT2D eigenvalue weighted by atomic mass is 10.1. The first-order chi connectivity index (χ1) is 9.72. The third-order valence-corrected chi connectivity index (χ3v) is 4.69. The predicted octanol–water partition coefficient (Wildman–Crippen LogP) is 2.60. The summed E-state index contributed by atoms with van der Waals surface area (Å²) in [6.45, 7) is 3.71. The van der Waals surface area contributed by atoms with Crippen molar-refractivity contribution in [3.05, 3.63) is 28.7 Å². The first-order valence-electron chi connectivity index (χ1n) is 7.24. The molecular formula is C15H22BrCl2N3O. The van der Waals surface area contributed by atoms with Gasteiger partial charge in [0.15, 0.2) is 0 Å². The van der Waals surface area contributed by atoms with Gasteiger partial charge in [-0.15, -0.1) is 24.8 Å². The minimum atomic E-state index is 0. The number of hydrogen-bond donors (Lipinski definition) is 2. The zero-order valence-corrected chi connectivity index (χ0v) is 15.5. The minimum absolute atomic E-state index is 0. The third kappa shape index (κ3) is 4.75. The molecule has 2 fully saturated rings. The van der Waals surface area contributed by atoms with E-state index in [1.54, 1.807) is 0 Å². The Bertz CT molecular complexity index is 480. The number of anilines is 1. The predicted molar refractivity (Wildman–Crippen MR) is 98.4 cm³/mol. The summed E-state index contributed by atoms with van der Waals surface area (Å²) >= 11 is 3.45. The van der Waals surface area contributed by atoms with Gasteiger partial charge in [-0.2, -0.15) is 0 Å². The Labute approximate surface area is 152 Å². The summed E-state index contributed by atoms with van der Waals surface area (Å²) in [5, 5.41) is 6.44. The third-order valence-electron chi connectivity index (χ3n) is 4.16. The number of carbonyl (C=O) groups is 1. The quantitative estimate of drug-likeness (QED) is 0.804. The average molecular weight is 411 g/mol. The molecule has 0 aliphatic carbocycles. The van der Waals surface area contributed by atoms with Gasteiger partial charge in [0.25, 0.3) is 0 Å². The topological polar surface area (TPSA) is 44.4 Å². The molecule has 2 atom stereocenters. The number of carbonyl (C=O) groups excluding carboxylic acids is 1. The molecular weight excluding hydrogens is 389 g/mol. The second kappa shape index (κ2) is 8.96. The van der Waals surface area contributed by atoms with Crippen molar-refractivity contribution in [3.63, 3.8) is 0 Å². The molecule has 2 N–H and O–H groups in total. The van der Waals surface area contributed by atoms with E-state index in [4.69, 9.17) is 0 Å². The molecule has 3 rings (SSSR count). The van der Waals surface area contributed by atoms with Crippen LogP contribution in [0.2, 0.25) is 0 Å². The number of halogens is 3. The molecule has 0 spiro atoms. The van der Waals surface area contributed by atoms with Gasteiger partial charge in [-0.25, -0.2) is 0 Å². The lowest BCUT2D eigenvalue weighted by Crippen LogP contribution is -2.41.